The molecular weight excluding hydrogens is 430 g/mol. The van der Waals surface area contributed by atoms with E-state index < -0.39 is 11.8 Å². The predicted octanol–water partition coefficient (Wildman–Crippen LogP) is 3.95. The standard InChI is InChI=1S/C24H20ClN3O4/c1-15-9-10-17(22(29)26-13-18-8-5-11-32-18)12-19(15)27-21-20(25)23(30)28(24(21)31)14-16-6-3-2-4-7-16/h2-12,27H,13-14H2,1H3,(H,26,29). The second kappa shape index (κ2) is 9.11. The van der Waals surface area contributed by atoms with E-state index in [4.69, 9.17) is 16.0 Å². The normalized spacial score (nSPS) is 13.6. The van der Waals surface area contributed by atoms with Gasteiger partial charge in [0.1, 0.15) is 16.5 Å². The number of amides is 3. The van der Waals surface area contributed by atoms with Gasteiger partial charge in [0.15, 0.2) is 0 Å². The monoisotopic (exact) mass is 449 g/mol. The van der Waals surface area contributed by atoms with Crippen molar-refractivity contribution < 1.29 is 18.8 Å². The second-order valence-electron chi connectivity index (χ2n) is 7.29. The molecule has 162 valence electrons. The number of anilines is 1. The fourth-order valence-electron chi connectivity index (χ4n) is 3.28. The van der Waals surface area contributed by atoms with Gasteiger partial charge in [-0.2, -0.15) is 0 Å². The van der Waals surface area contributed by atoms with Crippen LogP contribution >= 0.6 is 11.6 Å². The number of carbonyl (C=O) groups excluding carboxylic acids is 3. The van der Waals surface area contributed by atoms with Gasteiger partial charge >= 0.3 is 0 Å². The average Bonchev–Trinajstić information content (AvgIpc) is 3.39. The van der Waals surface area contributed by atoms with E-state index in [-0.39, 0.29) is 29.7 Å². The van der Waals surface area contributed by atoms with Gasteiger partial charge in [0.25, 0.3) is 17.7 Å². The van der Waals surface area contributed by atoms with Crippen LogP contribution in [-0.2, 0) is 22.7 Å². The lowest BCUT2D eigenvalue weighted by Crippen LogP contribution is -2.31. The fraction of sp³-hybridized carbons (Fsp3) is 0.125. The Kier molecular flexibility index (Phi) is 6.09. The van der Waals surface area contributed by atoms with Gasteiger partial charge in [0, 0.05) is 11.3 Å². The zero-order chi connectivity index (χ0) is 22.7. The van der Waals surface area contributed by atoms with Gasteiger partial charge in [-0.15, -0.1) is 0 Å². The van der Waals surface area contributed by atoms with Crippen LogP contribution in [0.1, 0.15) is 27.2 Å². The molecule has 2 N–H and O–H groups in total. The van der Waals surface area contributed by atoms with Crippen LogP contribution in [0.2, 0.25) is 0 Å². The number of carbonyl (C=O) groups is 3. The minimum atomic E-state index is -0.562. The first-order valence-electron chi connectivity index (χ1n) is 9.92. The van der Waals surface area contributed by atoms with Gasteiger partial charge in [-0.05, 0) is 42.3 Å². The molecular formula is C24H20ClN3O4. The summed E-state index contributed by atoms with van der Waals surface area (Å²) < 4.78 is 5.22. The summed E-state index contributed by atoms with van der Waals surface area (Å²) in [6, 6.07) is 17.7. The van der Waals surface area contributed by atoms with Crippen molar-refractivity contribution >= 4 is 35.0 Å². The van der Waals surface area contributed by atoms with E-state index in [0.29, 0.717) is 17.0 Å². The Morgan fingerprint density at radius 1 is 1.03 bits per heavy atom. The molecule has 1 aromatic heterocycles. The molecule has 2 aromatic carbocycles. The lowest BCUT2D eigenvalue weighted by atomic mass is 10.1. The smallest absolute Gasteiger partial charge is 0.279 e. The summed E-state index contributed by atoms with van der Waals surface area (Å²) in [4.78, 5) is 39.1. The Morgan fingerprint density at radius 3 is 2.53 bits per heavy atom. The van der Waals surface area contributed by atoms with Crippen LogP contribution in [-0.4, -0.2) is 22.6 Å². The van der Waals surface area contributed by atoms with Crippen LogP contribution in [0.3, 0.4) is 0 Å². The molecule has 0 radical (unpaired) electrons. The minimum Gasteiger partial charge on any atom is -0.467 e. The Morgan fingerprint density at radius 2 is 1.81 bits per heavy atom. The maximum atomic E-state index is 12.9. The molecule has 8 heteroatoms. The molecule has 0 saturated heterocycles. The number of benzene rings is 2. The van der Waals surface area contributed by atoms with E-state index in [2.05, 4.69) is 10.6 Å². The van der Waals surface area contributed by atoms with Crippen molar-refractivity contribution in [1.82, 2.24) is 10.2 Å². The molecule has 1 aliphatic rings. The molecule has 0 unspecified atom stereocenters. The number of furan rings is 1. The molecule has 3 aromatic rings. The highest BCUT2D eigenvalue weighted by molar-refractivity contribution is 6.48. The molecule has 2 heterocycles. The van der Waals surface area contributed by atoms with Gasteiger partial charge in [-0.25, -0.2) is 0 Å². The van der Waals surface area contributed by atoms with Crippen molar-refractivity contribution in [3.05, 3.63) is 100 Å². The summed E-state index contributed by atoms with van der Waals surface area (Å²) in [6.45, 7) is 2.19. The van der Waals surface area contributed by atoms with E-state index in [9.17, 15) is 14.4 Å². The van der Waals surface area contributed by atoms with E-state index in [1.165, 1.54) is 6.26 Å². The lowest BCUT2D eigenvalue weighted by Gasteiger charge is -2.16. The Balaban J connectivity index is 1.50. The molecule has 3 amide bonds. The third-order valence-electron chi connectivity index (χ3n) is 5.06. The fourth-order valence-corrected chi connectivity index (χ4v) is 3.51. The number of nitrogens with one attached hydrogen (secondary N) is 2. The number of nitrogens with zero attached hydrogens (tertiary/aromatic N) is 1. The van der Waals surface area contributed by atoms with Gasteiger partial charge in [0.05, 0.1) is 19.4 Å². The maximum Gasteiger partial charge on any atom is 0.279 e. The van der Waals surface area contributed by atoms with Gasteiger partial charge in [-0.1, -0.05) is 48.0 Å². The molecule has 0 fully saturated rings. The van der Waals surface area contributed by atoms with Crippen molar-refractivity contribution in [2.75, 3.05) is 5.32 Å². The Labute approximate surface area is 189 Å². The third-order valence-corrected chi connectivity index (χ3v) is 5.41. The average molecular weight is 450 g/mol. The number of imide groups is 1. The Bertz CT molecular complexity index is 1200. The Hall–Kier alpha value is -3.84. The molecule has 0 aliphatic carbocycles. The molecule has 4 rings (SSSR count). The topological polar surface area (TPSA) is 91.7 Å². The van der Waals surface area contributed by atoms with Crippen LogP contribution in [0, 0.1) is 6.92 Å². The molecule has 0 bridgehead atoms. The van der Waals surface area contributed by atoms with Gasteiger partial charge in [-0.3, -0.25) is 19.3 Å². The summed E-state index contributed by atoms with van der Waals surface area (Å²) in [5, 5.41) is 5.55. The van der Waals surface area contributed by atoms with Crippen LogP contribution in [0.4, 0.5) is 5.69 Å². The summed E-state index contributed by atoms with van der Waals surface area (Å²) in [6.07, 6.45) is 1.54. The first-order chi connectivity index (χ1) is 15.4. The summed E-state index contributed by atoms with van der Waals surface area (Å²) in [5.74, 6) is -0.748. The quantitative estimate of drug-likeness (QED) is 0.533. The third kappa shape index (κ3) is 4.43. The zero-order valence-electron chi connectivity index (χ0n) is 17.2. The van der Waals surface area contributed by atoms with Crippen molar-refractivity contribution in [1.29, 1.82) is 0 Å². The van der Waals surface area contributed by atoms with Crippen LogP contribution in [0.25, 0.3) is 0 Å². The molecule has 7 nitrogen and oxygen atoms in total. The van der Waals surface area contributed by atoms with Crippen molar-refractivity contribution in [2.45, 2.75) is 20.0 Å². The van der Waals surface area contributed by atoms with Gasteiger partial charge < -0.3 is 15.1 Å². The van der Waals surface area contributed by atoms with E-state index >= 15 is 0 Å². The number of halogens is 1. The SMILES string of the molecule is Cc1ccc(C(=O)NCc2ccco2)cc1NC1=C(Cl)C(=O)N(Cc2ccccc2)C1=O. The number of hydrogen-bond acceptors (Lipinski definition) is 5. The van der Waals surface area contributed by atoms with Gasteiger partial charge in [0.2, 0.25) is 0 Å². The van der Waals surface area contributed by atoms with Crippen molar-refractivity contribution in [3.8, 4) is 0 Å². The van der Waals surface area contributed by atoms with Crippen molar-refractivity contribution in [2.24, 2.45) is 0 Å². The number of hydrogen-bond donors (Lipinski definition) is 2. The highest BCUT2D eigenvalue weighted by Crippen LogP contribution is 2.28. The molecule has 0 saturated carbocycles. The lowest BCUT2D eigenvalue weighted by molar-refractivity contribution is -0.138. The zero-order valence-corrected chi connectivity index (χ0v) is 18.0. The molecule has 1 aliphatic heterocycles. The van der Waals surface area contributed by atoms with E-state index in [1.807, 2.05) is 37.3 Å². The number of aryl methyl sites for hydroxylation is 1. The van der Waals surface area contributed by atoms with E-state index in [0.717, 1.165) is 16.0 Å². The second-order valence-corrected chi connectivity index (χ2v) is 7.67. The highest BCUT2D eigenvalue weighted by Gasteiger charge is 2.38. The largest absolute Gasteiger partial charge is 0.467 e. The van der Waals surface area contributed by atoms with E-state index in [1.54, 1.807) is 30.3 Å². The van der Waals surface area contributed by atoms with Crippen molar-refractivity contribution in [3.63, 3.8) is 0 Å². The first-order valence-corrected chi connectivity index (χ1v) is 10.3. The molecule has 0 atom stereocenters. The molecule has 32 heavy (non-hydrogen) atoms. The van der Waals surface area contributed by atoms with Crippen LogP contribution < -0.4 is 10.6 Å². The first kappa shape index (κ1) is 21.4. The summed E-state index contributed by atoms with van der Waals surface area (Å²) >= 11 is 6.21. The predicted molar refractivity (Wildman–Crippen MR) is 120 cm³/mol. The highest BCUT2D eigenvalue weighted by atomic mass is 35.5. The minimum absolute atomic E-state index is 0.0103. The maximum absolute atomic E-state index is 12.9. The number of rotatable bonds is 7. The molecule has 0 spiro atoms. The van der Waals surface area contributed by atoms with Crippen LogP contribution in [0.5, 0.6) is 0 Å². The van der Waals surface area contributed by atoms with Crippen LogP contribution in [0.15, 0.2) is 82.1 Å². The summed E-state index contributed by atoms with van der Waals surface area (Å²) in [5.41, 5.74) is 2.48. The summed E-state index contributed by atoms with van der Waals surface area (Å²) in [7, 11) is 0.